The Morgan fingerprint density at radius 2 is 1.64 bits per heavy atom. The lowest BCUT2D eigenvalue weighted by Crippen LogP contribution is -2.11. The van der Waals surface area contributed by atoms with E-state index in [9.17, 15) is 20.1 Å². The van der Waals surface area contributed by atoms with Crippen molar-refractivity contribution in [2.24, 2.45) is 0 Å². The number of benzene rings is 2. The highest BCUT2D eigenvalue weighted by molar-refractivity contribution is 5.91. The molecule has 0 aliphatic heterocycles. The van der Waals surface area contributed by atoms with Crippen LogP contribution < -0.4 is 15.9 Å². The molecule has 0 saturated carbocycles. The molecule has 174 valence electrons. The van der Waals surface area contributed by atoms with Gasteiger partial charge >= 0.3 is 0 Å². The highest BCUT2D eigenvalue weighted by Crippen LogP contribution is 2.46. The summed E-state index contributed by atoms with van der Waals surface area (Å²) in [7, 11) is 1.45. The topological polar surface area (TPSA) is 126 Å². The van der Waals surface area contributed by atoms with Crippen LogP contribution in [0.1, 0.15) is 38.8 Å². The summed E-state index contributed by atoms with van der Waals surface area (Å²) in [5, 5.41) is 31.0. The van der Waals surface area contributed by atoms with Crippen LogP contribution in [0.3, 0.4) is 0 Å². The van der Waals surface area contributed by atoms with Crippen LogP contribution in [-0.2, 0) is 12.8 Å². The summed E-state index contributed by atoms with van der Waals surface area (Å²) in [4.78, 5) is 13.6. The molecule has 33 heavy (non-hydrogen) atoms. The minimum atomic E-state index is -0.503. The van der Waals surface area contributed by atoms with Gasteiger partial charge in [-0.3, -0.25) is 4.79 Å². The van der Waals surface area contributed by atoms with Gasteiger partial charge in [0.15, 0.2) is 0 Å². The Morgan fingerprint density at radius 1 is 1.03 bits per heavy atom. The fourth-order valence-electron chi connectivity index (χ4n) is 3.80. The molecule has 0 aliphatic carbocycles. The predicted molar refractivity (Wildman–Crippen MR) is 130 cm³/mol. The Kier molecular flexibility index (Phi) is 6.72. The van der Waals surface area contributed by atoms with E-state index in [2.05, 4.69) is 0 Å². The molecule has 0 fully saturated rings. The number of hydrogen-bond acceptors (Lipinski definition) is 7. The zero-order valence-corrected chi connectivity index (χ0v) is 19.4. The summed E-state index contributed by atoms with van der Waals surface area (Å²) in [5.41, 5.74) is 9.62. The van der Waals surface area contributed by atoms with Gasteiger partial charge in [0.05, 0.1) is 12.7 Å². The molecule has 7 heteroatoms. The molecular weight excluding hydrogens is 422 g/mol. The number of rotatable bonds is 6. The third kappa shape index (κ3) is 4.53. The predicted octanol–water partition coefficient (Wildman–Crippen LogP) is 5.19. The fraction of sp³-hybridized carbons (Fsp3) is 0.269. The number of fused-ring (bicyclic) bond motifs is 1. The third-order valence-corrected chi connectivity index (χ3v) is 5.41. The number of phenolic OH excluding ortho intramolecular Hbond substituents is 3. The van der Waals surface area contributed by atoms with Crippen LogP contribution in [0.4, 0.5) is 5.69 Å². The average Bonchev–Trinajstić information content (AvgIpc) is 2.73. The van der Waals surface area contributed by atoms with Crippen molar-refractivity contribution in [1.82, 2.24) is 0 Å². The monoisotopic (exact) mass is 451 g/mol. The molecule has 2 aromatic carbocycles. The summed E-state index contributed by atoms with van der Waals surface area (Å²) in [6.45, 7) is 7.77. The smallest absolute Gasteiger partial charge is 0.204 e. The molecule has 3 rings (SSSR count). The summed E-state index contributed by atoms with van der Waals surface area (Å²) in [6, 6.07) is 2.34. The van der Waals surface area contributed by atoms with Crippen molar-refractivity contribution in [3.05, 3.63) is 63.0 Å². The van der Waals surface area contributed by atoms with E-state index in [-0.39, 0.29) is 39.5 Å². The first-order chi connectivity index (χ1) is 15.6. The number of anilines is 1. The normalized spacial score (nSPS) is 10.8. The van der Waals surface area contributed by atoms with Gasteiger partial charge in [-0.2, -0.15) is 0 Å². The van der Waals surface area contributed by atoms with E-state index in [1.54, 1.807) is 0 Å². The number of allylic oxidation sites excluding steroid dienone is 4. The minimum Gasteiger partial charge on any atom is -0.508 e. The maximum atomic E-state index is 13.6. The first-order valence-electron chi connectivity index (χ1n) is 10.5. The summed E-state index contributed by atoms with van der Waals surface area (Å²) >= 11 is 0. The van der Waals surface area contributed by atoms with Crippen LogP contribution in [0, 0.1) is 0 Å². The molecule has 0 unspecified atom stereocenters. The van der Waals surface area contributed by atoms with Crippen molar-refractivity contribution in [1.29, 1.82) is 0 Å². The summed E-state index contributed by atoms with van der Waals surface area (Å²) in [5.74, 6) is -0.523. The SMILES string of the molecule is COc1c(N)c(O)c(CC=C(C)C)c(-c2coc3cc(O)cc(O)c3c2=O)c1CC=C(C)C. The van der Waals surface area contributed by atoms with Crippen LogP contribution >= 0.6 is 0 Å². The van der Waals surface area contributed by atoms with Crippen LogP contribution in [0.5, 0.6) is 23.0 Å². The van der Waals surface area contributed by atoms with Gasteiger partial charge in [0.2, 0.25) is 5.43 Å². The molecule has 0 aliphatic rings. The lowest BCUT2D eigenvalue weighted by atomic mass is 9.88. The van der Waals surface area contributed by atoms with Gasteiger partial charge in [-0.05, 0) is 40.5 Å². The van der Waals surface area contributed by atoms with Crippen LogP contribution in [0.2, 0.25) is 0 Å². The molecule has 1 aromatic heterocycles. The van der Waals surface area contributed by atoms with Crippen molar-refractivity contribution in [2.75, 3.05) is 12.8 Å². The summed E-state index contributed by atoms with van der Waals surface area (Å²) in [6.07, 6.45) is 5.88. The first kappa shape index (κ1) is 23.8. The maximum Gasteiger partial charge on any atom is 0.204 e. The van der Waals surface area contributed by atoms with E-state index in [1.807, 2.05) is 39.8 Å². The fourth-order valence-corrected chi connectivity index (χ4v) is 3.80. The van der Waals surface area contributed by atoms with Crippen molar-refractivity contribution >= 4 is 16.7 Å². The number of methoxy groups -OCH3 is 1. The second kappa shape index (κ2) is 9.32. The maximum absolute atomic E-state index is 13.6. The molecule has 3 aromatic rings. The van der Waals surface area contributed by atoms with E-state index in [0.717, 1.165) is 17.2 Å². The zero-order valence-electron chi connectivity index (χ0n) is 19.4. The number of phenols is 3. The van der Waals surface area contributed by atoms with Crippen molar-refractivity contribution in [3.63, 3.8) is 0 Å². The molecule has 1 heterocycles. The van der Waals surface area contributed by atoms with E-state index < -0.39 is 11.2 Å². The highest BCUT2D eigenvalue weighted by atomic mass is 16.5. The van der Waals surface area contributed by atoms with Gasteiger partial charge < -0.3 is 30.2 Å². The van der Waals surface area contributed by atoms with Gasteiger partial charge in [0.1, 0.15) is 45.9 Å². The van der Waals surface area contributed by atoms with E-state index in [0.29, 0.717) is 29.5 Å². The zero-order chi connectivity index (χ0) is 24.4. The summed E-state index contributed by atoms with van der Waals surface area (Å²) < 4.78 is 11.2. The number of hydrogen-bond donors (Lipinski definition) is 4. The standard InChI is InChI=1S/C26H29NO6/c1-13(2)6-8-16-21(17(9-7-14(3)4)26(32-5)23(27)25(16)31)18-12-33-20-11-15(28)10-19(29)22(20)24(18)30/h6-7,10-12,28-29,31H,8-9,27H2,1-5H3. The van der Waals surface area contributed by atoms with E-state index >= 15 is 0 Å². The second-order valence-electron chi connectivity index (χ2n) is 8.42. The molecule has 5 N–H and O–H groups in total. The number of ether oxygens (including phenoxy) is 1. The van der Waals surface area contributed by atoms with Crippen molar-refractivity contribution in [2.45, 2.75) is 40.5 Å². The molecule has 0 saturated heterocycles. The molecule has 0 amide bonds. The van der Waals surface area contributed by atoms with Gasteiger partial charge in [0, 0.05) is 28.8 Å². The van der Waals surface area contributed by atoms with Crippen molar-refractivity contribution < 1.29 is 24.5 Å². The lowest BCUT2D eigenvalue weighted by Gasteiger charge is -2.21. The van der Waals surface area contributed by atoms with Crippen molar-refractivity contribution in [3.8, 4) is 34.1 Å². The highest BCUT2D eigenvalue weighted by Gasteiger charge is 2.26. The molecule has 0 radical (unpaired) electrons. The van der Waals surface area contributed by atoms with Gasteiger partial charge in [-0.15, -0.1) is 0 Å². The van der Waals surface area contributed by atoms with Gasteiger partial charge in [0.25, 0.3) is 0 Å². The Morgan fingerprint density at radius 3 is 2.21 bits per heavy atom. The largest absolute Gasteiger partial charge is 0.508 e. The number of nitrogens with two attached hydrogens (primary N) is 1. The Bertz CT molecular complexity index is 1340. The second-order valence-corrected chi connectivity index (χ2v) is 8.42. The van der Waals surface area contributed by atoms with Gasteiger partial charge in [-0.1, -0.05) is 23.3 Å². The van der Waals surface area contributed by atoms with E-state index in [4.69, 9.17) is 14.9 Å². The Balaban J connectivity index is 2.50. The number of aromatic hydroxyl groups is 3. The molecular formula is C26H29NO6. The van der Waals surface area contributed by atoms with Gasteiger partial charge in [-0.25, -0.2) is 0 Å². The quantitative estimate of drug-likeness (QED) is 0.231. The Hall–Kier alpha value is -3.87. The molecule has 7 nitrogen and oxygen atoms in total. The van der Waals surface area contributed by atoms with Crippen LogP contribution in [0.25, 0.3) is 22.1 Å². The first-order valence-corrected chi connectivity index (χ1v) is 10.5. The Labute approximate surface area is 192 Å². The van der Waals surface area contributed by atoms with E-state index in [1.165, 1.54) is 19.4 Å². The lowest BCUT2D eigenvalue weighted by molar-refractivity contribution is 0.406. The third-order valence-electron chi connectivity index (χ3n) is 5.41. The molecule has 0 spiro atoms. The number of nitrogen functional groups attached to an aromatic ring is 1. The van der Waals surface area contributed by atoms with Crippen LogP contribution in [-0.4, -0.2) is 22.4 Å². The average molecular weight is 452 g/mol. The minimum absolute atomic E-state index is 0.0459. The van der Waals surface area contributed by atoms with Crippen LogP contribution in [0.15, 0.2) is 50.9 Å². The molecule has 0 bridgehead atoms. The molecule has 0 atom stereocenters.